The van der Waals surface area contributed by atoms with Gasteiger partial charge in [0.25, 0.3) is 0 Å². The Bertz CT molecular complexity index is 493. The van der Waals surface area contributed by atoms with Crippen molar-refractivity contribution in [2.45, 2.75) is 25.7 Å². The molecule has 1 unspecified atom stereocenters. The Kier molecular flexibility index (Phi) is 4.24. The molecule has 2 rings (SSSR count). The molecule has 0 bridgehead atoms. The molecule has 0 aliphatic heterocycles. The van der Waals surface area contributed by atoms with Gasteiger partial charge in [-0.05, 0) is 37.5 Å². The van der Waals surface area contributed by atoms with Gasteiger partial charge in [0.05, 0.1) is 11.6 Å². The molecule has 0 radical (unpaired) electrons. The summed E-state index contributed by atoms with van der Waals surface area (Å²) in [5, 5.41) is 0. The van der Waals surface area contributed by atoms with E-state index in [0.717, 1.165) is 18.5 Å². The molecule has 1 atom stereocenters. The summed E-state index contributed by atoms with van der Waals surface area (Å²) >= 11 is 0. The first-order valence-corrected chi connectivity index (χ1v) is 6.22. The smallest absolute Gasteiger partial charge is 0.138 e. The van der Waals surface area contributed by atoms with Gasteiger partial charge in [0, 0.05) is 6.20 Å². The van der Waals surface area contributed by atoms with Crippen molar-refractivity contribution in [3.05, 3.63) is 66.0 Å². The molecule has 0 saturated heterocycles. The van der Waals surface area contributed by atoms with E-state index in [0.29, 0.717) is 0 Å². The van der Waals surface area contributed by atoms with Crippen LogP contribution in [-0.2, 0) is 11.2 Å². The van der Waals surface area contributed by atoms with Crippen LogP contribution in [0, 0.1) is 0 Å². The number of Topliss-reactive ketones (excluding diaryl/α,β-unsaturated/α-hetero) is 1. The fraction of sp³-hybridized carbons (Fsp3) is 0.250. The summed E-state index contributed by atoms with van der Waals surface area (Å²) in [5.41, 5.74) is 2.14. The van der Waals surface area contributed by atoms with Gasteiger partial charge < -0.3 is 0 Å². The van der Waals surface area contributed by atoms with E-state index < -0.39 is 0 Å². The molecule has 0 aliphatic carbocycles. The van der Waals surface area contributed by atoms with E-state index in [2.05, 4.69) is 17.1 Å². The third-order valence-electron chi connectivity index (χ3n) is 3.10. The van der Waals surface area contributed by atoms with Crippen molar-refractivity contribution in [3.8, 4) is 0 Å². The molecular formula is C16H17NO. The lowest BCUT2D eigenvalue weighted by Crippen LogP contribution is -2.11. The van der Waals surface area contributed by atoms with Crippen LogP contribution in [0.25, 0.3) is 0 Å². The number of nitrogens with zero attached hydrogens (tertiary/aromatic N) is 1. The summed E-state index contributed by atoms with van der Waals surface area (Å²) in [4.78, 5) is 16.0. The van der Waals surface area contributed by atoms with Crippen molar-refractivity contribution < 1.29 is 4.79 Å². The average Bonchev–Trinajstić information content (AvgIpc) is 2.41. The predicted molar refractivity (Wildman–Crippen MR) is 72.4 cm³/mol. The summed E-state index contributed by atoms with van der Waals surface area (Å²) in [5.74, 6) is 0.0936. The van der Waals surface area contributed by atoms with Gasteiger partial charge >= 0.3 is 0 Å². The Morgan fingerprint density at radius 1 is 1.11 bits per heavy atom. The van der Waals surface area contributed by atoms with E-state index in [1.807, 2.05) is 36.4 Å². The van der Waals surface area contributed by atoms with Gasteiger partial charge in [-0.1, -0.05) is 36.4 Å². The van der Waals surface area contributed by atoms with Crippen molar-refractivity contribution in [3.63, 3.8) is 0 Å². The van der Waals surface area contributed by atoms with Crippen molar-refractivity contribution >= 4 is 5.78 Å². The van der Waals surface area contributed by atoms with Gasteiger partial charge in [0.15, 0.2) is 0 Å². The second-order valence-electron chi connectivity index (χ2n) is 4.44. The average molecular weight is 239 g/mol. The van der Waals surface area contributed by atoms with Crippen LogP contribution in [0.3, 0.4) is 0 Å². The van der Waals surface area contributed by atoms with E-state index >= 15 is 0 Å². The number of hydrogen-bond donors (Lipinski definition) is 0. The summed E-state index contributed by atoms with van der Waals surface area (Å²) in [6.45, 7) is 1.64. The molecule has 2 aromatic rings. The number of pyridine rings is 1. The highest BCUT2D eigenvalue weighted by Crippen LogP contribution is 2.20. The molecule has 2 heteroatoms. The molecule has 1 aromatic heterocycles. The van der Waals surface area contributed by atoms with Gasteiger partial charge in [0.2, 0.25) is 0 Å². The number of benzene rings is 1. The van der Waals surface area contributed by atoms with Crippen LogP contribution in [0.4, 0.5) is 0 Å². The second kappa shape index (κ2) is 6.10. The van der Waals surface area contributed by atoms with Gasteiger partial charge in [-0.3, -0.25) is 9.78 Å². The first-order valence-electron chi connectivity index (χ1n) is 6.22. The summed E-state index contributed by atoms with van der Waals surface area (Å²) in [6.07, 6.45) is 3.46. The zero-order valence-corrected chi connectivity index (χ0v) is 10.5. The van der Waals surface area contributed by atoms with Crippen LogP contribution in [0.1, 0.15) is 30.5 Å². The SMILES string of the molecule is CC(=O)C(CCc1ccccc1)c1ccccn1. The zero-order chi connectivity index (χ0) is 12.8. The van der Waals surface area contributed by atoms with Crippen LogP contribution in [0.2, 0.25) is 0 Å². The molecule has 18 heavy (non-hydrogen) atoms. The number of hydrogen-bond acceptors (Lipinski definition) is 2. The van der Waals surface area contributed by atoms with Crippen LogP contribution >= 0.6 is 0 Å². The van der Waals surface area contributed by atoms with Crippen LogP contribution in [0.5, 0.6) is 0 Å². The van der Waals surface area contributed by atoms with E-state index in [1.54, 1.807) is 13.1 Å². The van der Waals surface area contributed by atoms with E-state index in [4.69, 9.17) is 0 Å². The summed E-state index contributed by atoms with van der Waals surface area (Å²) in [7, 11) is 0. The quantitative estimate of drug-likeness (QED) is 0.800. The molecule has 2 nitrogen and oxygen atoms in total. The molecule has 0 aliphatic rings. The minimum Gasteiger partial charge on any atom is -0.299 e. The molecule has 1 aromatic carbocycles. The van der Waals surface area contributed by atoms with Crippen LogP contribution in [0.15, 0.2) is 54.7 Å². The van der Waals surface area contributed by atoms with Crippen molar-refractivity contribution in [2.24, 2.45) is 0 Å². The van der Waals surface area contributed by atoms with Crippen LogP contribution < -0.4 is 0 Å². The summed E-state index contributed by atoms with van der Waals surface area (Å²) in [6, 6.07) is 16.0. The minimum atomic E-state index is -0.0913. The van der Waals surface area contributed by atoms with E-state index in [-0.39, 0.29) is 11.7 Å². The van der Waals surface area contributed by atoms with E-state index in [1.165, 1.54) is 5.56 Å². The zero-order valence-electron chi connectivity index (χ0n) is 10.5. The van der Waals surface area contributed by atoms with Gasteiger partial charge in [0.1, 0.15) is 5.78 Å². The topological polar surface area (TPSA) is 30.0 Å². The number of carbonyl (C=O) groups is 1. The molecule has 0 saturated carbocycles. The highest BCUT2D eigenvalue weighted by atomic mass is 16.1. The van der Waals surface area contributed by atoms with Gasteiger partial charge in [-0.15, -0.1) is 0 Å². The molecule has 0 amide bonds. The monoisotopic (exact) mass is 239 g/mol. The Morgan fingerprint density at radius 2 is 1.83 bits per heavy atom. The van der Waals surface area contributed by atoms with Gasteiger partial charge in [-0.2, -0.15) is 0 Å². The maximum Gasteiger partial charge on any atom is 0.138 e. The number of rotatable bonds is 5. The maximum absolute atomic E-state index is 11.7. The van der Waals surface area contributed by atoms with E-state index in [9.17, 15) is 4.79 Å². The molecule has 0 spiro atoms. The lowest BCUT2D eigenvalue weighted by molar-refractivity contribution is -0.118. The van der Waals surface area contributed by atoms with Crippen molar-refractivity contribution in [1.29, 1.82) is 0 Å². The molecule has 92 valence electrons. The number of ketones is 1. The third kappa shape index (κ3) is 3.27. The Balaban J connectivity index is 2.06. The highest BCUT2D eigenvalue weighted by Gasteiger charge is 2.17. The van der Waals surface area contributed by atoms with Gasteiger partial charge in [-0.25, -0.2) is 0 Å². The minimum absolute atomic E-state index is 0.0913. The standard InChI is InChI=1S/C16H17NO/c1-13(18)15(16-9-5-6-12-17-16)11-10-14-7-3-2-4-8-14/h2-9,12,15H,10-11H2,1H3. The first kappa shape index (κ1) is 12.5. The van der Waals surface area contributed by atoms with Crippen molar-refractivity contribution in [1.82, 2.24) is 4.98 Å². The number of aryl methyl sites for hydroxylation is 1. The van der Waals surface area contributed by atoms with Crippen molar-refractivity contribution in [2.75, 3.05) is 0 Å². The molecule has 0 N–H and O–H groups in total. The Hall–Kier alpha value is -1.96. The maximum atomic E-state index is 11.7. The lowest BCUT2D eigenvalue weighted by atomic mass is 9.93. The first-order chi connectivity index (χ1) is 8.77. The second-order valence-corrected chi connectivity index (χ2v) is 4.44. The largest absolute Gasteiger partial charge is 0.299 e. The fourth-order valence-corrected chi connectivity index (χ4v) is 2.10. The molecule has 1 heterocycles. The molecular weight excluding hydrogens is 222 g/mol. The predicted octanol–water partition coefficient (Wildman–Crippen LogP) is 3.39. The number of carbonyl (C=O) groups excluding carboxylic acids is 1. The number of aromatic nitrogens is 1. The van der Waals surface area contributed by atoms with Crippen LogP contribution in [-0.4, -0.2) is 10.8 Å². The lowest BCUT2D eigenvalue weighted by Gasteiger charge is -2.12. The Morgan fingerprint density at radius 3 is 2.44 bits per heavy atom. The normalized spacial score (nSPS) is 12.1. The Labute approximate surface area is 108 Å². The fourth-order valence-electron chi connectivity index (χ4n) is 2.10. The third-order valence-corrected chi connectivity index (χ3v) is 3.10. The highest BCUT2D eigenvalue weighted by molar-refractivity contribution is 5.82. The summed E-state index contributed by atoms with van der Waals surface area (Å²) < 4.78 is 0. The molecule has 0 fully saturated rings.